The van der Waals surface area contributed by atoms with Gasteiger partial charge in [0.15, 0.2) is 0 Å². The first-order chi connectivity index (χ1) is 15.8. The molecule has 1 amide bonds. The van der Waals surface area contributed by atoms with Crippen LogP contribution in [0.15, 0.2) is 23.0 Å². The number of nitrogens with one attached hydrogen (secondary N) is 1. The summed E-state index contributed by atoms with van der Waals surface area (Å²) in [6.45, 7) is 2.49. The Bertz CT molecular complexity index is 1230. The highest BCUT2D eigenvalue weighted by Gasteiger charge is 2.17. The number of ether oxygens (including phenoxy) is 2. The second-order valence-electron chi connectivity index (χ2n) is 7.14. The monoisotopic (exact) mass is 495 g/mol. The molecular weight excluding hydrogens is 474 g/mol. The lowest BCUT2D eigenvalue weighted by Gasteiger charge is -2.10. The molecule has 1 fully saturated rings. The Morgan fingerprint density at radius 3 is 2.91 bits per heavy atom. The number of hydrogen-bond donors (Lipinski definition) is 1. The van der Waals surface area contributed by atoms with Crippen molar-refractivity contribution >= 4 is 52.7 Å². The highest BCUT2D eigenvalue weighted by atomic mass is 35.5. The largest absolute Gasteiger partial charge is 0.463 e. The molecule has 3 rings (SSSR count). The van der Waals surface area contributed by atoms with Gasteiger partial charge in [-0.1, -0.05) is 17.7 Å². The molecule has 1 aliphatic rings. The van der Waals surface area contributed by atoms with E-state index in [1.165, 1.54) is 28.8 Å². The molecule has 0 unspecified atom stereocenters. The Labute approximate surface area is 197 Å². The van der Waals surface area contributed by atoms with Gasteiger partial charge in [0.25, 0.3) is 11.2 Å². The number of halogens is 1. The molecule has 1 atom stereocenters. The number of carbonyl (C=O) groups excluding carboxylic acids is 2. The number of nitrogens with zero attached hydrogens (tertiary/aromatic N) is 2. The smallest absolute Gasteiger partial charge is 0.333 e. The van der Waals surface area contributed by atoms with Crippen LogP contribution in [-0.2, 0) is 25.6 Å². The van der Waals surface area contributed by atoms with Crippen LogP contribution in [0.25, 0.3) is 12.2 Å². The summed E-state index contributed by atoms with van der Waals surface area (Å²) in [6.07, 6.45) is 4.32. The third kappa shape index (κ3) is 6.50. The Hall–Kier alpha value is -3.02. The summed E-state index contributed by atoms with van der Waals surface area (Å²) in [7, 11) is 0. The molecule has 0 spiro atoms. The number of nitro benzene ring substituents is 1. The van der Waals surface area contributed by atoms with Crippen molar-refractivity contribution in [2.24, 2.45) is 0 Å². The molecule has 1 aromatic carbocycles. The van der Waals surface area contributed by atoms with Gasteiger partial charge in [0, 0.05) is 19.2 Å². The van der Waals surface area contributed by atoms with Gasteiger partial charge in [-0.15, -0.1) is 11.3 Å². The predicted molar refractivity (Wildman–Crippen MR) is 123 cm³/mol. The molecule has 1 N–H and O–H groups in total. The van der Waals surface area contributed by atoms with Gasteiger partial charge < -0.3 is 14.8 Å². The highest BCUT2D eigenvalue weighted by molar-refractivity contribution is 7.07. The maximum absolute atomic E-state index is 13.0. The molecule has 0 bridgehead atoms. The first-order valence-electron chi connectivity index (χ1n) is 10.2. The van der Waals surface area contributed by atoms with E-state index in [-0.39, 0.29) is 39.2 Å². The number of thiazole rings is 1. The summed E-state index contributed by atoms with van der Waals surface area (Å²) in [6, 6.07) is 4.14. The minimum absolute atomic E-state index is 0.0278. The first-order valence-corrected chi connectivity index (χ1v) is 11.4. The molecule has 0 radical (unpaired) electrons. The number of carbonyl (C=O) groups is 2. The van der Waals surface area contributed by atoms with Crippen molar-refractivity contribution in [3.05, 3.63) is 58.4 Å². The van der Waals surface area contributed by atoms with Crippen LogP contribution < -0.4 is 20.1 Å². The molecule has 1 aromatic heterocycles. The second kappa shape index (κ2) is 11.2. The van der Waals surface area contributed by atoms with E-state index in [1.54, 1.807) is 6.92 Å². The van der Waals surface area contributed by atoms with Crippen molar-refractivity contribution in [2.75, 3.05) is 19.8 Å². The standard InChI is InChI=1S/C21H22ClN3O7S/c1-2-31-20(27)10-19-24(12-18(26)23-11-14-4-3-7-32-14)21(28)17(33-19)9-13-5-6-15(22)16(8-13)25(29)30/h5-6,8-10,14H,2-4,7,11-12H2,1H3,(H,23,26)/b17-9-,19-10+/t14-/m0/s1. The molecule has 12 heteroatoms. The zero-order valence-corrected chi connectivity index (χ0v) is 19.3. The van der Waals surface area contributed by atoms with Crippen molar-refractivity contribution < 1.29 is 24.0 Å². The molecule has 1 aliphatic heterocycles. The number of esters is 1. The van der Waals surface area contributed by atoms with E-state index < -0.39 is 22.4 Å². The van der Waals surface area contributed by atoms with Gasteiger partial charge in [0.05, 0.1) is 28.2 Å². The van der Waals surface area contributed by atoms with Crippen LogP contribution in [0.2, 0.25) is 5.02 Å². The maximum Gasteiger partial charge on any atom is 0.333 e. The number of benzene rings is 1. The van der Waals surface area contributed by atoms with Crippen molar-refractivity contribution in [3.63, 3.8) is 0 Å². The van der Waals surface area contributed by atoms with Crippen LogP contribution in [0.5, 0.6) is 0 Å². The number of nitro groups is 1. The number of hydrogen-bond acceptors (Lipinski definition) is 8. The van der Waals surface area contributed by atoms with Crippen molar-refractivity contribution in [1.82, 2.24) is 9.88 Å². The zero-order chi connectivity index (χ0) is 24.0. The van der Waals surface area contributed by atoms with E-state index >= 15 is 0 Å². The SMILES string of the molecule is CCOC(=O)/C=c1/s/c(=C\c2ccc(Cl)c([N+](=O)[O-])c2)c(=O)n1CC(=O)NC[C@@H]1CCCO1. The lowest BCUT2D eigenvalue weighted by atomic mass is 10.2. The van der Waals surface area contributed by atoms with Gasteiger partial charge in [0.2, 0.25) is 5.91 Å². The van der Waals surface area contributed by atoms with Crippen LogP contribution in [0.1, 0.15) is 25.3 Å². The van der Waals surface area contributed by atoms with Gasteiger partial charge in [-0.05, 0) is 37.5 Å². The zero-order valence-electron chi connectivity index (χ0n) is 17.7. The molecule has 2 aromatic rings. The molecule has 1 saturated heterocycles. The van der Waals surface area contributed by atoms with Crippen molar-refractivity contribution in [3.8, 4) is 0 Å². The van der Waals surface area contributed by atoms with E-state index in [0.29, 0.717) is 18.7 Å². The molecule has 33 heavy (non-hydrogen) atoms. The topological polar surface area (TPSA) is 130 Å². The minimum Gasteiger partial charge on any atom is -0.463 e. The Kier molecular flexibility index (Phi) is 8.37. The van der Waals surface area contributed by atoms with Gasteiger partial charge in [-0.3, -0.25) is 24.3 Å². The van der Waals surface area contributed by atoms with Gasteiger partial charge in [0.1, 0.15) is 16.2 Å². The average Bonchev–Trinajstić information content (AvgIpc) is 3.38. The van der Waals surface area contributed by atoms with Gasteiger partial charge in [-0.2, -0.15) is 0 Å². The van der Waals surface area contributed by atoms with Crippen LogP contribution in [0.3, 0.4) is 0 Å². The molecule has 10 nitrogen and oxygen atoms in total. The van der Waals surface area contributed by atoms with E-state index in [4.69, 9.17) is 21.1 Å². The Morgan fingerprint density at radius 1 is 1.45 bits per heavy atom. The normalized spacial score (nSPS) is 16.7. The number of amides is 1. The van der Waals surface area contributed by atoms with Crippen molar-refractivity contribution in [1.29, 1.82) is 0 Å². The van der Waals surface area contributed by atoms with E-state index in [2.05, 4.69) is 5.32 Å². The maximum atomic E-state index is 13.0. The molecule has 0 aliphatic carbocycles. The van der Waals surface area contributed by atoms with Crippen LogP contribution in [0, 0.1) is 10.1 Å². The predicted octanol–water partition coefficient (Wildman–Crippen LogP) is 0.939. The fourth-order valence-corrected chi connectivity index (χ4v) is 4.44. The number of rotatable bonds is 8. The fourth-order valence-electron chi connectivity index (χ4n) is 3.22. The highest BCUT2D eigenvalue weighted by Crippen LogP contribution is 2.25. The van der Waals surface area contributed by atoms with Gasteiger partial charge in [-0.25, -0.2) is 4.79 Å². The van der Waals surface area contributed by atoms with Crippen LogP contribution >= 0.6 is 22.9 Å². The second-order valence-corrected chi connectivity index (χ2v) is 8.61. The van der Waals surface area contributed by atoms with E-state index in [1.807, 2.05) is 0 Å². The Balaban J connectivity index is 1.96. The molecular formula is C21H22ClN3O7S. The van der Waals surface area contributed by atoms with Crippen LogP contribution in [0.4, 0.5) is 5.69 Å². The van der Waals surface area contributed by atoms with Gasteiger partial charge >= 0.3 is 5.97 Å². The first kappa shape index (κ1) is 24.6. The molecule has 176 valence electrons. The summed E-state index contributed by atoms with van der Waals surface area (Å²) in [5.74, 6) is -1.06. The summed E-state index contributed by atoms with van der Waals surface area (Å²) in [4.78, 5) is 48.0. The molecule has 0 saturated carbocycles. The third-order valence-electron chi connectivity index (χ3n) is 4.78. The quantitative estimate of drug-likeness (QED) is 0.327. The summed E-state index contributed by atoms with van der Waals surface area (Å²) < 4.78 is 12.0. The summed E-state index contributed by atoms with van der Waals surface area (Å²) >= 11 is 6.82. The Morgan fingerprint density at radius 2 is 2.24 bits per heavy atom. The fraction of sp³-hybridized carbons (Fsp3) is 0.381. The minimum atomic E-state index is -0.652. The lowest BCUT2D eigenvalue weighted by Crippen LogP contribution is -2.40. The lowest BCUT2D eigenvalue weighted by molar-refractivity contribution is -0.384. The summed E-state index contributed by atoms with van der Waals surface area (Å²) in [5.41, 5.74) is -0.434. The number of aromatic nitrogens is 1. The van der Waals surface area contributed by atoms with E-state index in [0.717, 1.165) is 30.3 Å². The average molecular weight is 496 g/mol. The van der Waals surface area contributed by atoms with Crippen molar-refractivity contribution in [2.45, 2.75) is 32.4 Å². The molecule has 2 heterocycles. The third-order valence-corrected chi connectivity index (χ3v) is 6.16. The summed E-state index contributed by atoms with van der Waals surface area (Å²) in [5, 5.41) is 13.9. The van der Waals surface area contributed by atoms with Crippen LogP contribution in [-0.4, -0.2) is 47.2 Å². The van der Waals surface area contributed by atoms with E-state index in [9.17, 15) is 24.5 Å².